The van der Waals surface area contributed by atoms with E-state index in [9.17, 15) is 14.4 Å². The number of hydrogen-bond donors (Lipinski definition) is 3. The van der Waals surface area contributed by atoms with Gasteiger partial charge in [-0.05, 0) is 76.3 Å². The molecule has 182 valence electrons. The molecule has 1 aromatic carbocycles. The molecule has 0 radical (unpaired) electrons. The minimum Gasteiger partial charge on any atom is -0.444 e. The highest BCUT2D eigenvalue weighted by atomic mass is 16.6. The van der Waals surface area contributed by atoms with Gasteiger partial charge in [0.2, 0.25) is 0 Å². The minimum absolute atomic E-state index is 0.152. The van der Waals surface area contributed by atoms with Gasteiger partial charge < -0.3 is 20.3 Å². The smallest absolute Gasteiger partial charge is 0.413 e. The molecule has 9 nitrogen and oxygen atoms in total. The van der Waals surface area contributed by atoms with Crippen LogP contribution in [0.5, 0.6) is 0 Å². The molecule has 1 aliphatic heterocycles. The van der Waals surface area contributed by atoms with Crippen molar-refractivity contribution in [3.8, 4) is 0 Å². The first-order chi connectivity index (χ1) is 16.1. The topological polar surface area (TPSA) is 113 Å². The van der Waals surface area contributed by atoms with E-state index in [2.05, 4.69) is 20.9 Å². The number of carbonyl (C=O) groups is 3. The Hall–Kier alpha value is -3.62. The Labute approximate surface area is 200 Å². The van der Waals surface area contributed by atoms with E-state index in [1.54, 1.807) is 38.7 Å². The fourth-order valence-electron chi connectivity index (χ4n) is 3.91. The molecule has 1 atom stereocenters. The summed E-state index contributed by atoms with van der Waals surface area (Å²) in [5.41, 5.74) is 2.32. The number of rotatable bonds is 4. The highest BCUT2D eigenvalue weighted by Crippen LogP contribution is 2.32. The van der Waals surface area contributed by atoms with Crippen LogP contribution in [-0.4, -0.2) is 47.0 Å². The lowest BCUT2D eigenvalue weighted by Gasteiger charge is -2.35. The lowest BCUT2D eigenvalue weighted by atomic mass is 9.94. The third-order valence-electron chi connectivity index (χ3n) is 5.47. The number of ether oxygens (including phenoxy) is 1. The number of pyridine rings is 1. The van der Waals surface area contributed by atoms with Crippen LogP contribution in [0.2, 0.25) is 0 Å². The number of nitrogens with one attached hydrogen (secondary N) is 3. The molecule has 0 aliphatic carbocycles. The Kier molecular flexibility index (Phi) is 7.75. The van der Waals surface area contributed by atoms with Crippen molar-refractivity contribution in [2.75, 3.05) is 29.5 Å². The van der Waals surface area contributed by atoms with Crippen LogP contribution in [-0.2, 0) is 14.3 Å². The SMILES string of the molecule is CNc1cccc([C@H]2CCCCN2C(=O)C(=O)Nc2cnc(NC(=O)OC(C)(C)C)c(C)c2)c1. The molecule has 3 N–H and O–H groups in total. The van der Waals surface area contributed by atoms with Crippen LogP contribution >= 0.6 is 0 Å². The summed E-state index contributed by atoms with van der Waals surface area (Å²) in [6.45, 7) is 7.58. The standard InChI is InChI=1S/C25H33N5O4/c1-16-13-19(15-27-21(16)29-24(33)34-25(2,3)4)28-22(31)23(32)30-12-7-6-11-20(30)17-9-8-10-18(14-17)26-5/h8-10,13-15,20,26H,6-7,11-12H2,1-5H3,(H,28,31)(H,27,29,33)/t20-/m1/s1. The van der Waals surface area contributed by atoms with Crippen LogP contribution in [0.3, 0.4) is 0 Å². The number of aryl methyl sites for hydroxylation is 1. The van der Waals surface area contributed by atoms with E-state index in [0.717, 1.165) is 30.5 Å². The average Bonchev–Trinajstić information content (AvgIpc) is 2.79. The number of benzene rings is 1. The molecular weight excluding hydrogens is 434 g/mol. The fraction of sp³-hybridized carbons (Fsp3) is 0.440. The predicted molar refractivity (Wildman–Crippen MR) is 132 cm³/mol. The summed E-state index contributed by atoms with van der Waals surface area (Å²) in [4.78, 5) is 43.7. The summed E-state index contributed by atoms with van der Waals surface area (Å²) in [7, 11) is 1.85. The van der Waals surface area contributed by atoms with Crippen LogP contribution in [0.1, 0.15) is 57.2 Å². The number of hydrogen-bond acceptors (Lipinski definition) is 6. The predicted octanol–water partition coefficient (Wildman–Crippen LogP) is 4.47. The maximum absolute atomic E-state index is 13.1. The number of anilines is 3. The second kappa shape index (κ2) is 10.5. The molecule has 3 amide bonds. The van der Waals surface area contributed by atoms with E-state index in [1.165, 1.54) is 6.20 Å². The van der Waals surface area contributed by atoms with Gasteiger partial charge in [0.05, 0.1) is 17.9 Å². The zero-order valence-electron chi connectivity index (χ0n) is 20.4. The van der Waals surface area contributed by atoms with Crippen LogP contribution in [0.25, 0.3) is 0 Å². The monoisotopic (exact) mass is 467 g/mol. The number of amides is 3. The molecular formula is C25H33N5O4. The Morgan fingerprint density at radius 1 is 1.09 bits per heavy atom. The molecule has 0 spiro atoms. The van der Waals surface area contributed by atoms with Crippen molar-refractivity contribution in [1.82, 2.24) is 9.88 Å². The van der Waals surface area contributed by atoms with Crippen molar-refractivity contribution in [1.29, 1.82) is 0 Å². The van der Waals surface area contributed by atoms with E-state index in [0.29, 0.717) is 23.6 Å². The molecule has 9 heteroatoms. The number of nitrogens with zero attached hydrogens (tertiary/aromatic N) is 2. The second-order valence-corrected chi connectivity index (χ2v) is 9.36. The molecule has 0 saturated carbocycles. The van der Waals surface area contributed by atoms with Crippen molar-refractivity contribution < 1.29 is 19.1 Å². The van der Waals surface area contributed by atoms with Gasteiger partial charge in [0.15, 0.2) is 0 Å². The van der Waals surface area contributed by atoms with Crippen LogP contribution in [0.15, 0.2) is 36.5 Å². The Morgan fingerprint density at radius 2 is 1.85 bits per heavy atom. The first-order valence-electron chi connectivity index (χ1n) is 11.4. The van der Waals surface area contributed by atoms with Crippen molar-refractivity contribution in [3.05, 3.63) is 47.7 Å². The molecule has 0 bridgehead atoms. The fourth-order valence-corrected chi connectivity index (χ4v) is 3.91. The largest absolute Gasteiger partial charge is 0.444 e. The highest BCUT2D eigenvalue weighted by molar-refractivity contribution is 6.39. The van der Waals surface area contributed by atoms with Crippen LogP contribution in [0, 0.1) is 6.92 Å². The molecule has 3 rings (SSSR count). The zero-order valence-corrected chi connectivity index (χ0v) is 20.4. The summed E-state index contributed by atoms with van der Waals surface area (Å²) in [6.07, 6.45) is 3.43. The quantitative estimate of drug-likeness (QED) is 0.572. The molecule has 2 heterocycles. The van der Waals surface area contributed by atoms with Gasteiger partial charge in [-0.15, -0.1) is 0 Å². The van der Waals surface area contributed by atoms with E-state index >= 15 is 0 Å². The summed E-state index contributed by atoms with van der Waals surface area (Å²) in [5.74, 6) is -0.974. The second-order valence-electron chi connectivity index (χ2n) is 9.36. The van der Waals surface area contributed by atoms with Crippen molar-refractivity contribution >= 4 is 35.1 Å². The molecule has 1 fully saturated rings. The summed E-state index contributed by atoms with van der Waals surface area (Å²) < 4.78 is 5.24. The highest BCUT2D eigenvalue weighted by Gasteiger charge is 2.32. The van der Waals surface area contributed by atoms with Gasteiger partial charge in [-0.3, -0.25) is 14.9 Å². The van der Waals surface area contributed by atoms with E-state index in [4.69, 9.17) is 4.74 Å². The summed E-state index contributed by atoms with van der Waals surface area (Å²) in [5, 5.41) is 8.35. The van der Waals surface area contributed by atoms with Crippen LogP contribution in [0.4, 0.5) is 22.0 Å². The van der Waals surface area contributed by atoms with Gasteiger partial charge >= 0.3 is 17.9 Å². The molecule has 0 unspecified atom stereocenters. The van der Waals surface area contributed by atoms with E-state index in [-0.39, 0.29) is 6.04 Å². The Balaban J connectivity index is 1.68. The normalized spacial score (nSPS) is 15.9. The molecule has 1 saturated heterocycles. The van der Waals surface area contributed by atoms with Gasteiger partial charge in [0.1, 0.15) is 11.4 Å². The van der Waals surface area contributed by atoms with E-state index in [1.807, 2.05) is 31.3 Å². The number of carbonyl (C=O) groups excluding carboxylic acids is 3. The Morgan fingerprint density at radius 3 is 2.53 bits per heavy atom. The molecule has 34 heavy (non-hydrogen) atoms. The van der Waals surface area contributed by atoms with Gasteiger partial charge in [0.25, 0.3) is 0 Å². The van der Waals surface area contributed by atoms with Gasteiger partial charge in [0, 0.05) is 19.3 Å². The van der Waals surface area contributed by atoms with Gasteiger partial charge in [-0.1, -0.05) is 12.1 Å². The first kappa shape index (κ1) is 25.0. The number of aromatic nitrogens is 1. The number of likely N-dealkylation sites (tertiary alicyclic amines) is 1. The van der Waals surface area contributed by atoms with Crippen molar-refractivity contribution in [3.63, 3.8) is 0 Å². The maximum Gasteiger partial charge on any atom is 0.413 e. The van der Waals surface area contributed by atoms with Crippen molar-refractivity contribution in [2.24, 2.45) is 0 Å². The first-order valence-corrected chi connectivity index (χ1v) is 11.4. The van der Waals surface area contributed by atoms with E-state index < -0.39 is 23.5 Å². The molecule has 1 aromatic heterocycles. The average molecular weight is 468 g/mol. The minimum atomic E-state index is -0.717. The lowest BCUT2D eigenvalue weighted by molar-refractivity contribution is -0.145. The van der Waals surface area contributed by atoms with Crippen LogP contribution < -0.4 is 16.0 Å². The maximum atomic E-state index is 13.1. The summed E-state index contributed by atoms with van der Waals surface area (Å²) >= 11 is 0. The lowest BCUT2D eigenvalue weighted by Crippen LogP contribution is -2.44. The Bertz CT molecular complexity index is 1060. The summed E-state index contributed by atoms with van der Waals surface area (Å²) in [6, 6.07) is 9.40. The van der Waals surface area contributed by atoms with Gasteiger partial charge in [-0.2, -0.15) is 0 Å². The number of piperidine rings is 1. The van der Waals surface area contributed by atoms with Crippen molar-refractivity contribution in [2.45, 2.75) is 58.6 Å². The van der Waals surface area contributed by atoms with Gasteiger partial charge in [-0.25, -0.2) is 9.78 Å². The molecule has 2 aromatic rings. The third-order valence-corrected chi connectivity index (χ3v) is 5.47. The zero-order chi connectivity index (χ0) is 24.9. The molecule has 1 aliphatic rings. The third kappa shape index (κ3) is 6.46.